The van der Waals surface area contributed by atoms with Crippen LogP contribution in [-0.4, -0.2) is 69.5 Å². The molecule has 0 saturated heterocycles. The van der Waals surface area contributed by atoms with Gasteiger partial charge in [-0.25, -0.2) is 21.6 Å². The third-order valence-corrected chi connectivity index (χ3v) is 12.7. The van der Waals surface area contributed by atoms with E-state index in [9.17, 15) is 31.5 Å². The van der Waals surface area contributed by atoms with Crippen LogP contribution in [0.5, 0.6) is 0 Å². The van der Waals surface area contributed by atoms with Gasteiger partial charge in [0.1, 0.15) is 25.7 Å². The number of aryl methyl sites for hydroxylation is 1. The zero-order valence-electron chi connectivity index (χ0n) is 27.7. The van der Waals surface area contributed by atoms with E-state index in [0.717, 1.165) is 47.8 Å². The van der Waals surface area contributed by atoms with Crippen molar-refractivity contribution in [1.82, 2.24) is 5.32 Å². The molecule has 2 N–H and O–H groups in total. The molecule has 0 heterocycles. The summed E-state index contributed by atoms with van der Waals surface area (Å²) in [4.78, 5) is 25.6. The number of aliphatic carboxylic acids is 1. The molecule has 0 radical (unpaired) electrons. The Kier molecular flexibility index (Phi) is 10.8. The van der Waals surface area contributed by atoms with Crippen LogP contribution < -0.4 is 5.32 Å². The topological polar surface area (TPSA) is 144 Å². The molecule has 3 aromatic rings. The number of carboxylic acids is 1. The molecule has 5 atom stereocenters. The number of hydrogen-bond acceptors (Lipinski definition) is 7. The number of ether oxygens (including phenoxy) is 1. The highest BCUT2D eigenvalue weighted by molar-refractivity contribution is 7.91. The van der Waals surface area contributed by atoms with E-state index in [-0.39, 0.29) is 29.6 Å². The summed E-state index contributed by atoms with van der Waals surface area (Å²) in [7, 11) is -6.66. The van der Waals surface area contributed by atoms with Crippen molar-refractivity contribution < 1.29 is 36.3 Å². The molecule has 2 aliphatic carbocycles. The highest BCUT2D eigenvalue weighted by atomic mass is 32.2. The van der Waals surface area contributed by atoms with Crippen LogP contribution in [0.2, 0.25) is 0 Å². The molecule has 3 aromatic carbocycles. The van der Waals surface area contributed by atoms with Gasteiger partial charge in [-0.05, 0) is 85.3 Å². The summed E-state index contributed by atoms with van der Waals surface area (Å²) in [5.74, 6) is -2.10. The van der Waals surface area contributed by atoms with E-state index in [1.165, 1.54) is 6.26 Å². The van der Waals surface area contributed by atoms with Crippen molar-refractivity contribution in [1.29, 1.82) is 0 Å². The second-order valence-corrected chi connectivity index (χ2v) is 18.3. The molecule has 258 valence electrons. The first-order chi connectivity index (χ1) is 22.7. The summed E-state index contributed by atoms with van der Waals surface area (Å²) >= 11 is 0. The number of amides is 1. The monoisotopic (exact) mass is 695 g/mol. The number of carbonyl (C=O) groups is 2. The zero-order chi connectivity index (χ0) is 34.7. The van der Waals surface area contributed by atoms with Gasteiger partial charge in [-0.1, -0.05) is 73.2 Å². The lowest BCUT2D eigenvalue weighted by atomic mass is 9.79. The Morgan fingerprint density at radius 1 is 0.917 bits per heavy atom. The molecule has 5 rings (SSSR count). The van der Waals surface area contributed by atoms with Crippen molar-refractivity contribution in [3.05, 3.63) is 95.1 Å². The van der Waals surface area contributed by atoms with Crippen LogP contribution in [0, 0.1) is 18.3 Å². The van der Waals surface area contributed by atoms with E-state index < -0.39 is 42.8 Å². The fourth-order valence-electron chi connectivity index (χ4n) is 7.29. The molecule has 0 bridgehead atoms. The molecule has 1 amide bonds. The quantitative estimate of drug-likeness (QED) is 0.242. The van der Waals surface area contributed by atoms with Gasteiger partial charge in [-0.15, -0.1) is 0 Å². The third kappa shape index (κ3) is 8.73. The molecule has 0 aliphatic heterocycles. The number of carbonyl (C=O) groups excluding carboxylic acids is 1. The summed E-state index contributed by atoms with van der Waals surface area (Å²) in [5.41, 5.74) is 4.51. The number of rotatable bonds is 13. The Morgan fingerprint density at radius 3 is 2.29 bits per heavy atom. The van der Waals surface area contributed by atoms with E-state index in [1.807, 2.05) is 73.7 Å². The van der Waals surface area contributed by atoms with Crippen LogP contribution in [0.25, 0.3) is 11.1 Å². The Balaban J connectivity index is 1.44. The minimum absolute atomic E-state index is 0.0502. The van der Waals surface area contributed by atoms with Crippen molar-refractivity contribution >= 4 is 31.6 Å². The molecule has 0 aromatic heterocycles. The average Bonchev–Trinajstić information content (AvgIpc) is 3.77. The minimum atomic E-state index is -3.43. The maximum atomic E-state index is 13.6. The number of carboxylic acid groups (broad SMARTS) is 1. The molecule has 2 fully saturated rings. The third-order valence-electron chi connectivity index (χ3n) is 10.1. The zero-order valence-corrected chi connectivity index (χ0v) is 29.4. The number of sulfone groups is 2. The van der Waals surface area contributed by atoms with Crippen LogP contribution in [-0.2, 0) is 42.2 Å². The molecule has 2 unspecified atom stereocenters. The van der Waals surface area contributed by atoms with Crippen LogP contribution in [0.15, 0.2) is 72.8 Å². The van der Waals surface area contributed by atoms with Gasteiger partial charge in [-0.3, -0.25) is 4.79 Å². The summed E-state index contributed by atoms with van der Waals surface area (Å²) in [6.07, 6.45) is 6.38. The molecular formula is C37H45NO8S2. The Hall–Kier alpha value is -3.54. The molecule has 1 spiro atoms. The summed E-state index contributed by atoms with van der Waals surface area (Å²) in [6, 6.07) is 21.8. The molecule has 11 heteroatoms. The predicted octanol–water partition coefficient (Wildman–Crippen LogP) is 5.40. The second kappa shape index (κ2) is 14.5. The number of hydrogen-bond donors (Lipinski definition) is 2. The van der Waals surface area contributed by atoms with Crippen molar-refractivity contribution in [3.8, 4) is 11.1 Å². The van der Waals surface area contributed by atoms with Gasteiger partial charge in [0, 0.05) is 23.5 Å². The van der Waals surface area contributed by atoms with Gasteiger partial charge in [0.25, 0.3) is 5.91 Å². The van der Waals surface area contributed by atoms with E-state index in [1.54, 1.807) is 6.07 Å². The van der Waals surface area contributed by atoms with Gasteiger partial charge in [0.2, 0.25) is 0 Å². The largest absolute Gasteiger partial charge is 0.480 e. The first-order valence-electron chi connectivity index (χ1n) is 16.4. The van der Waals surface area contributed by atoms with Crippen molar-refractivity contribution in [3.63, 3.8) is 0 Å². The number of benzene rings is 3. The van der Waals surface area contributed by atoms with Gasteiger partial charge in [-0.2, -0.15) is 0 Å². The smallest absolute Gasteiger partial charge is 0.326 e. The first-order valence-corrected chi connectivity index (χ1v) is 20.4. The lowest BCUT2D eigenvalue weighted by molar-refractivity contribution is -0.139. The van der Waals surface area contributed by atoms with Gasteiger partial charge < -0.3 is 15.2 Å². The Morgan fingerprint density at radius 2 is 1.62 bits per heavy atom. The summed E-state index contributed by atoms with van der Waals surface area (Å²) < 4.78 is 55.5. The maximum absolute atomic E-state index is 13.6. The average molecular weight is 696 g/mol. The number of nitrogens with one attached hydrogen (secondary N) is 1. The lowest BCUT2D eigenvalue weighted by Gasteiger charge is -2.28. The van der Waals surface area contributed by atoms with Gasteiger partial charge in [0.05, 0.1) is 23.7 Å². The molecule has 2 aliphatic rings. The Bertz CT molecular complexity index is 1860. The SMILES string of the molecule is Cc1ccccc1-c1cc(CC2CCC[C@H](S(C)(=O)=O)CC23C[C@H]3OCc2ccccc2)ccc1C(=O)N[C@@H](CCS(C)(=O)=O)C(=O)O. The van der Waals surface area contributed by atoms with Crippen molar-refractivity contribution in [2.45, 2.75) is 75.9 Å². The standard InChI is InChI=1S/C37H45NO8S2/c1-25-10-7-8-15-30(25)32-21-27(16-17-31(32)35(39)38-33(36(40)41)18-19-47(2,42)43)20-28-13-9-14-29(48(3,44)45)22-37(28)23-34(37)46-24-26-11-5-4-6-12-26/h4-8,10-12,15-17,21,28-29,33-34H,9,13-14,18-20,22-24H2,1-3H3,(H,38,39)(H,40,41)/t28?,29-,33-,34+,37?/m0/s1. The highest BCUT2D eigenvalue weighted by Crippen LogP contribution is 2.61. The van der Waals surface area contributed by atoms with E-state index in [4.69, 9.17) is 4.74 Å². The maximum Gasteiger partial charge on any atom is 0.326 e. The lowest BCUT2D eigenvalue weighted by Crippen LogP contribution is -2.42. The van der Waals surface area contributed by atoms with E-state index in [0.29, 0.717) is 37.0 Å². The molecule has 2 saturated carbocycles. The molecule has 9 nitrogen and oxygen atoms in total. The summed E-state index contributed by atoms with van der Waals surface area (Å²) in [5, 5.41) is 11.9. The second-order valence-electron chi connectivity index (χ2n) is 13.7. The predicted molar refractivity (Wildman–Crippen MR) is 186 cm³/mol. The normalized spacial score (nSPS) is 23.3. The molecular weight excluding hydrogens is 651 g/mol. The highest BCUT2D eigenvalue weighted by Gasteiger charge is 2.61. The van der Waals surface area contributed by atoms with Gasteiger partial charge in [0.15, 0.2) is 0 Å². The van der Waals surface area contributed by atoms with Crippen LogP contribution in [0.4, 0.5) is 0 Å². The van der Waals surface area contributed by atoms with Gasteiger partial charge >= 0.3 is 5.97 Å². The van der Waals surface area contributed by atoms with Crippen molar-refractivity contribution in [2.24, 2.45) is 11.3 Å². The van der Waals surface area contributed by atoms with E-state index >= 15 is 0 Å². The fourth-order valence-corrected chi connectivity index (χ4v) is 9.17. The summed E-state index contributed by atoms with van der Waals surface area (Å²) in [6.45, 7) is 2.41. The van der Waals surface area contributed by atoms with Crippen LogP contribution in [0.1, 0.15) is 65.6 Å². The van der Waals surface area contributed by atoms with E-state index in [2.05, 4.69) is 5.32 Å². The fraction of sp³-hybridized carbons (Fsp3) is 0.459. The van der Waals surface area contributed by atoms with Crippen LogP contribution >= 0.6 is 0 Å². The minimum Gasteiger partial charge on any atom is -0.480 e. The van der Waals surface area contributed by atoms with Crippen molar-refractivity contribution in [2.75, 3.05) is 18.3 Å². The molecule has 48 heavy (non-hydrogen) atoms. The van der Waals surface area contributed by atoms with Crippen LogP contribution in [0.3, 0.4) is 0 Å². The Labute approximate surface area is 283 Å². The first kappa shape index (κ1) is 35.8.